The van der Waals surface area contributed by atoms with Gasteiger partial charge in [0.15, 0.2) is 0 Å². The molecule has 1 aromatic heterocycles. The molecule has 7 heteroatoms. The zero-order valence-electron chi connectivity index (χ0n) is 14.7. The summed E-state index contributed by atoms with van der Waals surface area (Å²) in [6.45, 7) is 0.984. The number of amides is 1. The highest BCUT2D eigenvalue weighted by Gasteiger charge is 2.32. The molecular formula is C19H22FN3O3. The first-order chi connectivity index (χ1) is 12.6. The van der Waals surface area contributed by atoms with Crippen molar-refractivity contribution in [3.05, 3.63) is 64.6 Å². The van der Waals surface area contributed by atoms with Crippen LogP contribution in [0.5, 0.6) is 0 Å². The summed E-state index contributed by atoms with van der Waals surface area (Å²) in [6, 6.07) is 8.29. The number of nitrogens with zero attached hydrogens (tertiary/aromatic N) is 3. The van der Waals surface area contributed by atoms with Crippen LogP contribution in [0, 0.1) is 11.7 Å². The topological polar surface area (TPSA) is 64.4 Å². The Labute approximate surface area is 151 Å². The second-order valence-corrected chi connectivity index (χ2v) is 6.49. The molecule has 6 nitrogen and oxygen atoms in total. The van der Waals surface area contributed by atoms with Gasteiger partial charge >= 0.3 is 5.69 Å². The predicted octanol–water partition coefficient (Wildman–Crippen LogP) is 1.49. The number of halogens is 1. The summed E-state index contributed by atoms with van der Waals surface area (Å²) in [5.74, 6) is -0.388. The van der Waals surface area contributed by atoms with E-state index in [0.717, 1.165) is 0 Å². The van der Waals surface area contributed by atoms with Crippen LogP contribution in [-0.4, -0.2) is 46.7 Å². The summed E-state index contributed by atoms with van der Waals surface area (Å²) in [5.41, 5.74) is 0.174. The number of methoxy groups -OCH3 is 1. The molecule has 1 amide bonds. The molecule has 2 atom stereocenters. The maximum atomic E-state index is 14.0. The summed E-state index contributed by atoms with van der Waals surface area (Å²) < 4.78 is 20.8. The normalized spacial score (nSPS) is 20.2. The van der Waals surface area contributed by atoms with Crippen molar-refractivity contribution in [3.8, 4) is 0 Å². The quantitative estimate of drug-likeness (QED) is 0.811. The lowest BCUT2D eigenvalue weighted by atomic mass is 9.88. The van der Waals surface area contributed by atoms with Crippen molar-refractivity contribution in [2.75, 3.05) is 20.2 Å². The Balaban J connectivity index is 1.70. The molecule has 1 fully saturated rings. The van der Waals surface area contributed by atoms with Gasteiger partial charge in [0.2, 0.25) is 5.91 Å². The van der Waals surface area contributed by atoms with E-state index in [4.69, 9.17) is 4.74 Å². The van der Waals surface area contributed by atoms with Gasteiger partial charge in [0.05, 0.1) is 6.10 Å². The molecule has 0 aliphatic carbocycles. The molecule has 0 bridgehead atoms. The average Bonchev–Trinajstić information content (AvgIpc) is 2.65. The summed E-state index contributed by atoms with van der Waals surface area (Å²) in [5, 5.41) is 0. The Morgan fingerprint density at radius 3 is 2.88 bits per heavy atom. The standard InChI is InChI=1S/C19H22FN3O3/c1-26-17-7-10-22(18(24)13-23-9-4-8-21-19(23)25)12-15(17)11-14-5-2-3-6-16(14)20/h2-6,8-9,15,17H,7,10-13H2,1H3/t15-,17-/m1/s1. The molecule has 26 heavy (non-hydrogen) atoms. The Bertz CT molecular complexity index is 823. The number of piperidine rings is 1. The van der Waals surface area contributed by atoms with E-state index in [9.17, 15) is 14.0 Å². The summed E-state index contributed by atoms with van der Waals surface area (Å²) in [7, 11) is 1.64. The molecule has 0 spiro atoms. The summed E-state index contributed by atoms with van der Waals surface area (Å²) >= 11 is 0. The number of hydrogen-bond acceptors (Lipinski definition) is 4. The summed E-state index contributed by atoms with van der Waals surface area (Å²) in [4.78, 5) is 29.7. The highest BCUT2D eigenvalue weighted by Crippen LogP contribution is 2.25. The molecule has 1 aromatic carbocycles. The van der Waals surface area contributed by atoms with E-state index in [1.165, 1.54) is 16.8 Å². The molecule has 2 heterocycles. The number of carbonyl (C=O) groups is 1. The van der Waals surface area contributed by atoms with Gasteiger partial charge in [0.25, 0.3) is 0 Å². The lowest BCUT2D eigenvalue weighted by Gasteiger charge is -2.38. The number of rotatable bonds is 5. The maximum absolute atomic E-state index is 14.0. The Morgan fingerprint density at radius 2 is 2.15 bits per heavy atom. The van der Waals surface area contributed by atoms with E-state index in [2.05, 4.69) is 4.98 Å². The number of benzene rings is 1. The van der Waals surface area contributed by atoms with Crippen molar-refractivity contribution in [2.45, 2.75) is 25.5 Å². The minimum absolute atomic E-state index is 0.000204. The molecular weight excluding hydrogens is 337 g/mol. The average molecular weight is 359 g/mol. The zero-order valence-corrected chi connectivity index (χ0v) is 14.7. The van der Waals surface area contributed by atoms with Gasteiger partial charge in [0, 0.05) is 38.5 Å². The van der Waals surface area contributed by atoms with Crippen LogP contribution in [0.3, 0.4) is 0 Å². The molecule has 0 radical (unpaired) electrons. The van der Waals surface area contributed by atoms with E-state index in [-0.39, 0.29) is 30.3 Å². The van der Waals surface area contributed by atoms with Crippen LogP contribution < -0.4 is 5.69 Å². The lowest BCUT2D eigenvalue weighted by molar-refractivity contribution is -0.136. The van der Waals surface area contributed by atoms with Gasteiger partial charge in [-0.25, -0.2) is 14.2 Å². The first-order valence-electron chi connectivity index (χ1n) is 8.64. The van der Waals surface area contributed by atoms with E-state index in [1.807, 2.05) is 0 Å². The first kappa shape index (κ1) is 18.3. The van der Waals surface area contributed by atoms with Gasteiger partial charge in [0.1, 0.15) is 12.4 Å². The fourth-order valence-corrected chi connectivity index (χ4v) is 3.44. The Hall–Kier alpha value is -2.54. The Kier molecular flexibility index (Phi) is 5.78. The van der Waals surface area contributed by atoms with Gasteiger partial charge in [-0.2, -0.15) is 0 Å². The van der Waals surface area contributed by atoms with E-state index in [1.54, 1.807) is 42.5 Å². The van der Waals surface area contributed by atoms with Crippen molar-refractivity contribution in [1.29, 1.82) is 0 Å². The van der Waals surface area contributed by atoms with Crippen LogP contribution in [-0.2, 0) is 22.5 Å². The number of carbonyl (C=O) groups excluding carboxylic acids is 1. The third-order valence-corrected chi connectivity index (χ3v) is 4.85. The van der Waals surface area contributed by atoms with Crippen molar-refractivity contribution >= 4 is 5.91 Å². The molecule has 0 unspecified atom stereocenters. The lowest BCUT2D eigenvalue weighted by Crippen LogP contribution is -2.48. The third kappa shape index (κ3) is 4.16. The van der Waals surface area contributed by atoms with Crippen LogP contribution in [0.25, 0.3) is 0 Å². The molecule has 1 saturated heterocycles. The molecule has 138 valence electrons. The minimum Gasteiger partial charge on any atom is -0.381 e. The van der Waals surface area contributed by atoms with E-state index < -0.39 is 5.69 Å². The number of likely N-dealkylation sites (tertiary alicyclic amines) is 1. The SMILES string of the molecule is CO[C@@H]1CCN(C(=O)Cn2cccnc2=O)C[C@H]1Cc1ccccc1F. The van der Waals surface area contributed by atoms with Crippen molar-refractivity contribution in [3.63, 3.8) is 0 Å². The second kappa shape index (κ2) is 8.23. The van der Waals surface area contributed by atoms with Gasteiger partial charge in [-0.1, -0.05) is 18.2 Å². The molecule has 0 saturated carbocycles. The van der Waals surface area contributed by atoms with E-state index >= 15 is 0 Å². The Morgan fingerprint density at radius 1 is 1.35 bits per heavy atom. The fraction of sp³-hybridized carbons (Fsp3) is 0.421. The van der Waals surface area contributed by atoms with E-state index in [0.29, 0.717) is 31.5 Å². The first-order valence-corrected chi connectivity index (χ1v) is 8.64. The highest BCUT2D eigenvalue weighted by atomic mass is 19.1. The smallest absolute Gasteiger partial charge is 0.347 e. The zero-order chi connectivity index (χ0) is 18.5. The monoisotopic (exact) mass is 359 g/mol. The van der Waals surface area contributed by atoms with Gasteiger partial charge in [-0.15, -0.1) is 0 Å². The fourth-order valence-electron chi connectivity index (χ4n) is 3.44. The summed E-state index contributed by atoms with van der Waals surface area (Å²) in [6.07, 6.45) is 4.11. The van der Waals surface area contributed by atoms with Crippen LogP contribution in [0.4, 0.5) is 4.39 Å². The van der Waals surface area contributed by atoms with Crippen molar-refractivity contribution < 1.29 is 13.9 Å². The maximum Gasteiger partial charge on any atom is 0.347 e. The molecule has 0 N–H and O–H groups in total. The van der Waals surface area contributed by atoms with Gasteiger partial charge in [-0.05, 0) is 30.5 Å². The van der Waals surface area contributed by atoms with Crippen molar-refractivity contribution in [2.24, 2.45) is 5.92 Å². The van der Waals surface area contributed by atoms with Crippen LogP contribution >= 0.6 is 0 Å². The minimum atomic E-state index is -0.449. The predicted molar refractivity (Wildman–Crippen MR) is 94.1 cm³/mol. The van der Waals surface area contributed by atoms with Crippen molar-refractivity contribution in [1.82, 2.24) is 14.5 Å². The van der Waals surface area contributed by atoms with Crippen LogP contribution in [0.1, 0.15) is 12.0 Å². The molecule has 3 rings (SSSR count). The highest BCUT2D eigenvalue weighted by molar-refractivity contribution is 5.76. The number of ether oxygens (including phenoxy) is 1. The van der Waals surface area contributed by atoms with Gasteiger partial charge < -0.3 is 9.64 Å². The van der Waals surface area contributed by atoms with Crippen LogP contribution in [0.2, 0.25) is 0 Å². The third-order valence-electron chi connectivity index (χ3n) is 4.85. The molecule has 1 aliphatic heterocycles. The van der Waals surface area contributed by atoms with Crippen LogP contribution in [0.15, 0.2) is 47.5 Å². The largest absolute Gasteiger partial charge is 0.381 e. The van der Waals surface area contributed by atoms with Gasteiger partial charge in [-0.3, -0.25) is 9.36 Å². The number of aromatic nitrogens is 2. The second-order valence-electron chi connectivity index (χ2n) is 6.49. The molecule has 2 aromatic rings. The number of hydrogen-bond donors (Lipinski definition) is 0. The molecule has 1 aliphatic rings.